The zero-order valence-corrected chi connectivity index (χ0v) is 15.1. The minimum atomic E-state index is -0.643. The number of nitrogens with zero attached hydrogens (tertiary/aromatic N) is 2. The van der Waals surface area contributed by atoms with Crippen LogP contribution in [0.2, 0.25) is 0 Å². The molecule has 114 valence electrons. The van der Waals surface area contributed by atoms with Gasteiger partial charge in [-0.2, -0.15) is 0 Å². The predicted molar refractivity (Wildman–Crippen MR) is 90.3 cm³/mol. The van der Waals surface area contributed by atoms with Gasteiger partial charge in [0.15, 0.2) is 0 Å². The number of ether oxygens (including phenoxy) is 1. The number of carbonyl (C=O) groups excluding carboxylic acids is 1. The van der Waals surface area contributed by atoms with Crippen LogP contribution in [0.5, 0.6) is 0 Å². The quantitative estimate of drug-likeness (QED) is 0.781. The average Bonchev–Trinajstić information content (AvgIpc) is 2.65. The molecule has 0 aliphatic carbocycles. The van der Waals surface area contributed by atoms with Crippen molar-refractivity contribution in [3.8, 4) is 0 Å². The zero-order valence-electron chi connectivity index (χ0n) is 12.9. The van der Waals surface area contributed by atoms with Crippen LogP contribution in [-0.2, 0) is 10.3 Å². The van der Waals surface area contributed by atoms with Gasteiger partial charge in [0.1, 0.15) is 15.1 Å². The molecule has 0 aromatic carbocycles. The number of nitrogens with one attached hydrogen (secondary N) is 1. The molecular formula is C15H20IN3O2. The molecule has 6 heteroatoms. The van der Waals surface area contributed by atoms with Gasteiger partial charge >= 0.3 is 6.09 Å². The Bertz CT molecular complexity index is 671. The first-order valence-corrected chi connectivity index (χ1v) is 7.82. The normalized spacial score (nSPS) is 12.5. The lowest BCUT2D eigenvalue weighted by Crippen LogP contribution is -2.44. The smallest absolute Gasteiger partial charge is 0.408 e. The van der Waals surface area contributed by atoms with Crippen LogP contribution in [0.15, 0.2) is 24.4 Å². The summed E-state index contributed by atoms with van der Waals surface area (Å²) in [6.45, 7) is 9.35. The van der Waals surface area contributed by atoms with Gasteiger partial charge in [0, 0.05) is 6.20 Å². The van der Waals surface area contributed by atoms with Gasteiger partial charge in [-0.3, -0.25) is 0 Å². The summed E-state index contributed by atoms with van der Waals surface area (Å²) in [5.41, 5.74) is -0.147. The monoisotopic (exact) mass is 401 g/mol. The lowest BCUT2D eigenvalue weighted by molar-refractivity contribution is 0.0466. The van der Waals surface area contributed by atoms with E-state index < -0.39 is 17.2 Å². The van der Waals surface area contributed by atoms with Crippen LogP contribution in [-0.4, -0.2) is 21.1 Å². The van der Waals surface area contributed by atoms with Crippen molar-refractivity contribution in [1.82, 2.24) is 14.7 Å². The first-order valence-electron chi connectivity index (χ1n) is 6.74. The van der Waals surface area contributed by atoms with E-state index in [9.17, 15) is 4.79 Å². The summed E-state index contributed by atoms with van der Waals surface area (Å²) < 4.78 is 8.22. The summed E-state index contributed by atoms with van der Waals surface area (Å²) in [4.78, 5) is 16.6. The first-order chi connectivity index (χ1) is 9.60. The highest BCUT2D eigenvalue weighted by molar-refractivity contribution is 14.1. The molecule has 0 spiro atoms. The molecule has 0 aliphatic heterocycles. The summed E-state index contributed by atoms with van der Waals surface area (Å²) in [5, 5.41) is 2.89. The molecule has 0 bridgehead atoms. The molecule has 0 saturated carbocycles. The van der Waals surface area contributed by atoms with Crippen LogP contribution in [0, 0.1) is 3.70 Å². The van der Waals surface area contributed by atoms with Gasteiger partial charge in [-0.25, -0.2) is 9.78 Å². The lowest BCUT2D eigenvalue weighted by Gasteiger charge is -2.27. The molecule has 21 heavy (non-hydrogen) atoms. The summed E-state index contributed by atoms with van der Waals surface area (Å²) in [6, 6.07) is 5.91. The molecule has 0 aliphatic rings. The fourth-order valence-electron chi connectivity index (χ4n) is 2.06. The van der Waals surface area contributed by atoms with E-state index in [1.165, 1.54) is 0 Å². The molecular weight excluding hydrogens is 381 g/mol. The zero-order chi connectivity index (χ0) is 15.8. The Kier molecular flexibility index (Phi) is 4.19. The summed E-state index contributed by atoms with van der Waals surface area (Å²) in [6.07, 6.45) is 1.49. The van der Waals surface area contributed by atoms with Crippen LogP contribution >= 0.6 is 22.6 Å². The van der Waals surface area contributed by atoms with E-state index in [4.69, 9.17) is 4.74 Å². The second-order valence-corrected chi connectivity index (χ2v) is 7.46. The van der Waals surface area contributed by atoms with Crippen molar-refractivity contribution in [2.24, 2.45) is 0 Å². The highest BCUT2D eigenvalue weighted by atomic mass is 127. The maximum absolute atomic E-state index is 12.0. The van der Waals surface area contributed by atoms with E-state index >= 15 is 0 Å². The fraction of sp³-hybridized carbons (Fsp3) is 0.467. The van der Waals surface area contributed by atoms with Crippen LogP contribution in [0.3, 0.4) is 0 Å². The molecule has 2 heterocycles. The topological polar surface area (TPSA) is 55.6 Å². The van der Waals surface area contributed by atoms with Crippen LogP contribution in [0.1, 0.15) is 40.4 Å². The molecule has 2 aromatic rings. The number of rotatable bonds is 2. The number of pyridine rings is 1. The molecule has 0 atom stereocenters. The Morgan fingerprint density at radius 1 is 1.29 bits per heavy atom. The van der Waals surface area contributed by atoms with E-state index in [2.05, 4.69) is 32.9 Å². The van der Waals surface area contributed by atoms with E-state index in [0.717, 1.165) is 15.0 Å². The second kappa shape index (κ2) is 5.47. The number of aromatic nitrogens is 2. The Morgan fingerprint density at radius 2 is 1.95 bits per heavy atom. The number of hydrogen-bond donors (Lipinski definition) is 1. The molecule has 5 nitrogen and oxygen atoms in total. The Morgan fingerprint density at radius 3 is 2.57 bits per heavy atom. The Hall–Kier alpha value is -1.31. The minimum Gasteiger partial charge on any atom is -0.444 e. The van der Waals surface area contributed by atoms with Crippen LogP contribution < -0.4 is 5.32 Å². The van der Waals surface area contributed by atoms with E-state index in [-0.39, 0.29) is 0 Å². The van der Waals surface area contributed by atoms with E-state index in [0.29, 0.717) is 0 Å². The molecule has 2 rings (SSSR count). The van der Waals surface area contributed by atoms with E-state index in [1.54, 1.807) is 0 Å². The summed E-state index contributed by atoms with van der Waals surface area (Å²) >= 11 is 2.20. The maximum Gasteiger partial charge on any atom is 0.408 e. The van der Waals surface area contributed by atoms with Crippen molar-refractivity contribution in [2.45, 2.75) is 45.8 Å². The minimum absolute atomic E-state index is 0.449. The second-order valence-electron chi connectivity index (χ2n) is 6.43. The van der Waals surface area contributed by atoms with Crippen molar-refractivity contribution in [1.29, 1.82) is 0 Å². The van der Waals surface area contributed by atoms with Gasteiger partial charge in [-0.1, -0.05) is 6.07 Å². The van der Waals surface area contributed by atoms with Gasteiger partial charge in [0.25, 0.3) is 0 Å². The van der Waals surface area contributed by atoms with Gasteiger partial charge in [0.2, 0.25) is 0 Å². The number of carbonyl (C=O) groups is 1. The van der Waals surface area contributed by atoms with E-state index in [1.807, 2.05) is 63.4 Å². The van der Waals surface area contributed by atoms with Crippen molar-refractivity contribution >= 4 is 34.2 Å². The average molecular weight is 401 g/mol. The largest absolute Gasteiger partial charge is 0.444 e. The van der Waals surface area contributed by atoms with Gasteiger partial charge in [-0.05, 0) is 69.3 Å². The van der Waals surface area contributed by atoms with Crippen LogP contribution in [0.4, 0.5) is 4.79 Å². The summed E-state index contributed by atoms with van der Waals surface area (Å²) in [7, 11) is 0. The Labute approximate surface area is 138 Å². The molecule has 0 unspecified atom stereocenters. The highest BCUT2D eigenvalue weighted by Crippen LogP contribution is 2.24. The standard InChI is InChI=1S/C15H20IN3O2/c1-14(2,3)21-13(20)18-15(4,5)12-17-11(16)10-8-6-7-9-19(10)12/h6-9H,1-5H3,(H,18,20). The third kappa shape index (κ3) is 3.66. The maximum atomic E-state index is 12.0. The van der Waals surface area contributed by atoms with Crippen molar-refractivity contribution < 1.29 is 9.53 Å². The third-order valence-corrected chi connectivity index (χ3v) is 3.67. The fourth-order valence-corrected chi connectivity index (χ4v) is 2.72. The number of alkyl carbamates (subject to hydrolysis) is 1. The molecule has 2 aromatic heterocycles. The Balaban J connectivity index is 2.32. The van der Waals surface area contributed by atoms with Crippen molar-refractivity contribution in [3.63, 3.8) is 0 Å². The highest BCUT2D eigenvalue weighted by Gasteiger charge is 2.30. The number of fused-ring (bicyclic) bond motifs is 1. The van der Waals surface area contributed by atoms with Crippen molar-refractivity contribution in [2.75, 3.05) is 0 Å². The molecule has 1 amide bonds. The number of halogens is 1. The van der Waals surface area contributed by atoms with Gasteiger partial charge < -0.3 is 14.5 Å². The SMILES string of the molecule is CC(C)(C)OC(=O)NC(C)(C)c1nc(I)c2ccccn12. The third-order valence-electron chi connectivity index (χ3n) is 2.88. The first kappa shape index (κ1) is 16.1. The number of amides is 1. The lowest BCUT2D eigenvalue weighted by atomic mass is 10.1. The van der Waals surface area contributed by atoms with Gasteiger partial charge in [-0.15, -0.1) is 0 Å². The number of imidazole rings is 1. The van der Waals surface area contributed by atoms with Gasteiger partial charge in [0.05, 0.1) is 11.1 Å². The molecule has 1 N–H and O–H groups in total. The van der Waals surface area contributed by atoms with Crippen molar-refractivity contribution in [3.05, 3.63) is 33.9 Å². The molecule has 0 fully saturated rings. The molecule has 0 radical (unpaired) electrons. The summed E-state index contributed by atoms with van der Waals surface area (Å²) in [5.74, 6) is 0.772. The number of hydrogen-bond acceptors (Lipinski definition) is 3. The molecule has 0 saturated heterocycles. The van der Waals surface area contributed by atoms with Crippen LogP contribution in [0.25, 0.3) is 5.52 Å². The predicted octanol–water partition coefficient (Wildman–Crippen LogP) is 3.70.